The molecule has 30 heavy (non-hydrogen) atoms. The van der Waals surface area contributed by atoms with Gasteiger partial charge in [0.15, 0.2) is 9.84 Å². The lowest BCUT2D eigenvalue weighted by molar-refractivity contribution is 0.415. The van der Waals surface area contributed by atoms with Crippen LogP contribution in [0, 0.1) is 13.8 Å². The van der Waals surface area contributed by atoms with Crippen LogP contribution >= 0.6 is 0 Å². The lowest BCUT2D eigenvalue weighted by Crippen LogP contribution is -2.04. The van der Waals surface area contributed by atoms with Gasteiger partial charge in [-0.2, -0.15) is 5.10 Å². The maximum atomic E-state index is 12.7. The molecular formula is C22H22N4O3S. The summed E-state index contributed by atoms with van der Waals surface area (Å²) < 4.78 is 34.1. The van der Waals surface area contributed by atoms with E-state index in [4.69, 9.17) is 4.74 Å². The van der Waals surface area contributed by atoms with Gasteiger partial charge in [0.1, 0.15) is 11.4 Å². The topological polar surface area (TPSA) is 79.0 Å². The van der Waals surface area contributed by atoms with E-state index < -0.39 is 9.84 Å². The number of methoxy groups -OCH3 is 1. The summed E-state index contributed by atoms with van der Waals surface area (Å²) in [7, 11) is -2.01. The molecular weight excluding hydrogens is 400 g/mol. The van der Waals surface area contributed by atoms with Gasteiger partial charge in [0.2, 0.25) is 5.03 Å². The summed E-state index contributed by atoms with van der Waals surface area (Å²) in [6.45, 7) is 3.97. The van der Waals surface area contributed by atoms with Crippen molar-refractivity contribution in [1.29, 1.82) is 0 Å². The van der Waals surface area contributed by atoms with Crippen molar-refractivity contribution in [3.63, 3.8) is 0 Å². The van der Waals surface area contributed by atoms with Crippen LogP contribution in [-0.4, -0.2) is 41.1 Å². The molecule has 154 valence electrons. The zero-order valence-corrected chi connectivity index (χ0v) is 18.0. The summed E-state index contributed by atoms with van der Waals surface area (Å²) in [5, 5.41) is 4.57. The van der Waals surface area contributed by atoms with Gasteiger partial charge >= 0.3 is 0 Å². The van der Waals surface area contributed by atoms with Gasteiger partial charge < -0.3 is 9.30 Å². The fourth-order valence-electron chi connectivity index (χ4n) is 3.39. The van der Waals surface area contributed by atoms with Gasteiger partial charge in [-0.05, 0) is 55.3 Å². The highest BCUT2D eigenvalue weighted by atomic mass is 32.2. The first kappa shape index (κ1) is 19.9. The van der Waals surface area contributed by atoms with Gasteiger partial charge in [0.05, 0.1) is 24.8 Å². The molecule has 0 unspecified atom stereocenters. The molecule has 0 saturated heterocycles. The Labute approximate surface area is 175 Å². The van der Waals surface area contributed by atoms with Crippen LogP contribution in [0.5, 0.6) is 5.75 Å². The monoisotopic (exact) mass is 422 g/mol. The first-order valence-electron chi connectivity index (χ1n) is 9.33. The molecule has 2 aromatic heterocycles. The summed E-state index contributed by atoms with van der Waals surface area (Å²) >= 11 is 0. The van der Waals surface area contributed by atoms with Crippen LogP contribution < -0.4 is 4.74 Å². The van der Waals surface area contributed by atoms with Crippen molar-refractivity contribution in [2.24, 2.45) is 0 Å². The van der Waals surface area contributed by atoms with Crippen LogP contribution in [0.25, 0.3) is 22.6 Å². The number of aryl methyl sites for hydroxylation is 2. The predicted octanol–water partition coefficient (Wildman–Crippen LogP) is 3.75. The van der Waals surface area contributed by atoms with E-state index in [1.807, 2.05) is 56.3 Å². The highest BCUT2D eigenvalue weighted by Gasteiger charge is 2.28. The van der Waals surface area contributed by atoms with Gasteiger partial charge in [0.25, 0.3) is 0 Å². The summed E-state index contributed by atoms with van der Waals surface area (Å²) in [6.07, 6.45) is 6.07. The number of ether oxygens (including phenoxy) is 1. The minimum atomic E-state index is -3.62. The molecule has 7 nitrogen and oxygen atoms in total. The van der Waals surface area contributed by atoms with Gasteiger partial charge in [-0.3, -0.25) is 0 Å². The molecule has 2 heterocycles. The van der Waals surface area contributed by atoms with Crippen LogP contribution in [-0.2, 0) is 9.84 Å². The van der Waals surface area contributed by atoms with E-state index in [2.05, 4.69) is 10.1 Å². The third-order valence-electron chi connectivity index (χ3n) is 4.90. The number of benzene rings is 2. The van der Waals surface area contributed by atoms with Gasteiger partial charge in [0, 0.05) is 24.2 Å². The van der Waals surface area contributed by atoms with Crippen LogP contribution in [0.15, 0.2) is 66.2 Å². The molecule has 4 aromatic rings. The first-order chi connectivity index (χ1) is 14.3. The van der Waals surface area contributed by atoms with Crippen LogP contribution in [0.4, 0.5) is 0 Å². The Balaban J connectivity index is 2.13. The van der Waals surface area contributed by atoms with E-state index in [0.29, 0.717) is 17.1 Å². The average Bonchev–Trinajstić information content (AvgIpc) is 3.37. The van der Waals surface area contributed by atoms with Gasteiger partial charge in [-0.25, -0.2) is 18.1 Å². The number of rotatable bonds is 5. The highest BCUT2D eigenvalue weighted by Crippen LogP contribution is 2.36. The van der Waals surface area contributed by atoms with E-state index in [9.17, 15) is 8.42 Å². The second-order valence-corrected chi connectivity index (χ2v) is 9.11. The van der Waals surface area contributed by atoms with Gasteiger partial charge in [-0.1, -0.05) is 12.1 Å². The fourth-order valence-corrected chi connectivity index (χ4v) is 4.18. The number of aromatic nitrogens is 4. The van der Waals surface area contributed by atoms with Crippen LogP contribution in [0.1, 0.15) is 11.1 Å². The van der Waals surface area contributed by atoms with Crippen molar-refractivity contribution in [3.8, 4) is 28.4 Å². The molecule has 0 atom stereocenters. The minimum Gasteiger partial charge on any atom is -0.497 e. The van der Waals surface area contributed by atoms with E-state index >= 15 is 0 Å². The van der Waals surface area contributed by atoms with Crippen molar-refractivity contribution in [2.75, 3.05) is 13.4 Å². The molecule has 0 saturated carbocycles. The standard InChI is InChI=1S/C22H22N4O3S/c1-15-5-6-16(2)19(13-15)26-20(17-7-9-18(29-3)10-8-17)21(25-12-11-23-14-25)22(24-26)30(4,27)28/h5-14H,1-4H3. The zero-order chi connectivity index (χ0) is 21.5. The second kappa shape index (κ2) is 7.46. The Morgan fingerprint density at radius 1 is 1.03 bits per heavy atom. The van der Waals surface area contributed by atoms with Crippen molar-refractivity contribution in [3.05, 3.63) is 72.3 Å². The summed E-state index contributed by atoms with van der Waals surface area (Å²) in [5.74, 6) is 0.712. The Bertz CT molecular complexity index is 1310. The molecule has 0 amide bonds. The smallest absolute Gasteiger partial charge is 0.201 e. The molecule has 0 fully saturated rings. The fraction of sp³-hybridized carbons (Fsp3) is 0.182. The number of sulfone groups is 1. The third-order valence-corrected chi connectivity index (χ3v) is 5.88. The van der Waals surface area contributed by atoms with Gasteiger partial charge in [-0.15, -0.1) is 0 Å². The van der Waals surface area contributed by atoms with E-state index in [0.717, 1.165) is 22.4 Å². The lowest BCUT2D eigenvalue weighted by Gasteiger charge is -2.13. The van der Waals surface area contributed by atoms with Crippen molar-refractivity contribution < 1.29 is 13.2 Å². The second-order valence-electron chi connectivity index (χ2n) is 7.17. The molecule has 0 aliphatic rings. The Morgan fingerprint density at radius 2 is 1.77 bits per heavy atom. The number of hydrogen-bond acceptors (Lipinski definition) is 5. The molecule has 2 aromatic carbocycles. The number of hydrogen-bond donors (Lipinski definition) is 0. The maximum absolute atomic E-state index is 12.7. The summed E-state index contributed by atoms with van der Waals surface area (Å²) in [4.78, 5) is 4.11. The molecule has 0 N–H and O–H groups in total. The van der Waals surface area contributed by atoms with E-state index in [-0.39, 0.29) is 5.03 Å². The maximum Gasteiger partial charge on any atom is 0.201 e. The Kier molecular flexibility index (Phi) is 4.95. The van der Waals surface area contributed by atoms with Crippen LogP contribution in [0.2, 0.25) is 0 Å². The summed E-state index contributed by atoms with van der Waals surface area (Å²) in [5.41, 5.74) is 4.78. The average molecular weight is 423 g/mol. The molecule has 4 rings (SSSR count). The summed E-state index contributed by atoms with van der Waals surface area (Å²) in [6, 6.07) is 13.5. The molecule has 0 aliphatic carbocycles. The predicted molar refractivity (Wildman–Crippen MR) is 115 cm³/mol. The van der Waals surface area contributed by atoms with Crippen molar-refractivity contribution in [2.45, 2.75) is 18.9 Å². The van der Waals surface area contributed by atoms with Crippen molar-refractivity contribution >= 4 is 9.84 Å². The normalized spacial score (nSPS) is 11.6. The number of nitrogens with zero attached hydrogens (tertiary/aromatic N) is 4. The van der Waals surface area contributed by atoms with E-state index in [1.165, 1.54) is 6.26 Å². The SMILES string of the molecule is COc1ccc(-c2c(-n3ccnc3)c(S(C)(=O)=O)nn2-c2cc(C)ccc2C)cc1. The molecule has 8 heteroatoms. The number of imidazole rings is 1. The van der Waals surface area contributed by atoms with Crippen molar-refractivity contribution in [1.82, 2.24) is 19.3 Å². The highest BCUT2D eigenvalue weighted by molar-refractivity contribution is 7.90. The Morgan fingerprint density at radius 3 is 2.37 bits per heavy atom. The quantitative estimate of drug-likeness (QED) is 0.489. The third kappa shape index (κ3) is 3.50. The first-order valence-corrected chi connectivity index (χ1v) is 11.2. The molecule has 0 spiro atoms. The largest absolute Gasteiger partial charge is 0.497 e. The molecule has 0 aliphatic heterocycles. The Hall–Kier alpha value is -3.39. The van der Waals surface area contributed by atoms with E-state index in [1.54, 1.807) is 35.1 Å². The molecule has 0 radical (unpaired) electrons. The minimum absolute atomic E-state index is 0.00720. The zero-order valence-electron chi connectivity index (χ0n) is 17.2. The lowest BCUT2D eigenvalue weighted by atomic mass is 10.1. The van der Waals surface area contributed by atoms with Crippen LogP contribution in [0.3, 0.4) is 0 Å². The molecule has 0 bridgehead atoms.